The van der Waals surface area contributed by atoms with Gasteiger partial charge in [-0.2, -0.15) is 10.2 Å². The van der Waals surface area contributed by atoms with Gasteiger partial charge in [-0.05, 0) is 43.4 Å². The summed E-state index contributed by atoms with van der Waals surface area (Å²) in [6.45, 7) is 4.17. The van der Waals surface area contributed by atoms with E-state index in [1.807, 2.05) is 18.2 Å². The third-order valence-corrected chi connectivity index (χ3v) is 5.18. The smallest absolute Gasteiger partial charge is 0.253 e. The van der Waals surface area contributed by atoms with Gasteiger partial charge in [0.1, 0.15) is 12.4 Å². The molecule has 1 aromatic carbocycles. The largest absolute Gasteiger partial charge is 0.369 e. The molecule has 4 rings (SSSR count). The van der Waals surface area contributed by atoms with Gasteiger partial charge in [-0.1, -0.05) is 0 Å². The van der Waals surface area contributed by atoms with Gasteiger partial charge >= 0.3 is 0 Å². The average molecular weight is 416 g/mol. The fourth-order valence-corrected chi connectivity index (χ4v) is 3.40. The minimum atomic E-state index is -0.298. The van der Waals surface area contributed by atoms with Crippen LogP contribution in [0.1, 0.15) is 10.4 Å². The Morgan fingerprint density at radius 2 is 1.90 bits per heavy atom. The first-order valence-corrected chi connectivity index (χ1v) is 10.1. The SMILES string of the molecule is CN1CCN(c2ccc(Nc3nccc(-n4ccc(C(=O)NCC#N)c4)n3)cc2)CC1. The lowest BCUT2D eigenvalue weighted by atomic mass is 10.2. The fraction of sp³-hybridized carbons (Fsp3) is 0.273. The number of rotatable bonds is 6. The Bertz CT molecular complexity index is 1080. The molecule has 1 amide bonds. The maximum Gasteiger partial charge on any atom is 0.253 e. The lowest BCUT2D eigenvalue weighted by Gasteiger charge is -2.34. The number of nitriles is 1. The third-order valence-electron chi connectivity index (χ3n) is 5.18. The molecule has 0 radical (unpaired) electrons. The van der Waals surface area contributed by atoms with Gasteiger partial charge < -0.3 is 25.0 Å². The Kier molecular flexibility index (Phi) is 6.10. The summed E-state index contributed by atoms with van der Waals surface area (Å²) in [5, 5.41) is 14.3. The first-order chi connectivity index (χ1) is 15.1. The van der Waals surface area contributed by atoms with Crippen LogP contribution in [0, 0.1) is 11.3 Å². The number of hydrogen-bond donors (Lipinski definition) is 2. The summed E-state index contributed by atoms with van der Waals surface area (Å²) < 4.78 is 1.74. The molecule has 0 saturated carbocycles. The molecular formula is C22H24N8O. The number of carbonyl (C=O) groups is 1. The first kappa shape index (κ1) is 20.4. The van der Waals surface area contributed by atoms with Crippen molar-refractivity contribution in [3.05, 3.63) is 60.6 Å². The van der Waals surface area contributed by atoms with Gasteiger partial charge in [0.05, 0.1) is 11.6 Å². The van der Waals surface area contributed by atoms with E-state index in [4.69, 9.17) is 5.26 Å². The molecule has 1 aliphatic rings. The summed E-state index contributed by atoms with van der Waals surface area (Å²) in [6, 6.07) is 13.6. The summed E-state index contributed by atoms with van der Waals surface area (Å²) in [6.07, 6.45) is 5.08. The Morgan fingerprint density at radius 1 is 1.13 bits per heavy atom. The van der Waals surface area contributed by atoms with Crippen LogP contribution in [0.25, 0.3) is 5.82 Å². The summed E-state index contributed by atoms with van der Waals surface area (Å²) in [4.78, 5) is 25.5. The van der Waals surface area contributed by atoms with Crippen LogP contribution in [0.15, 0.2) is 55.0 Å². The predicted molar refractivity (Wildman–Crippen MR) is 119 cm³/mol. The lowest BCUT2D eigenvalue weighted by molar-refractivity contribution is 0.0958. The van der Waals surface area contributed by atoms with Crippen molar-refractivity contribution in [3.63, 3.8) is 0 Å². The number of anilines is 3. The Hall–Kier alpha value is -3.90. The maximum absolute atomic E-state index is 12.0. The van der Waals surface area contributed by atoms with Crippen LogP contribution >= 0.6 is 0 Å². The molecule has 3 aromatic rings. The predicted octanol–water partition coefficient (Wildman–Crippen LogP) is 2.02. The van der Waals surface area contributed by atoms with Crippen molar-refractivity contribution < 1.29 is 4.79 Å². The molecule has 31 heavy (non-hydrogen) atoms. The van der Waals surface area contributed by atoms with E-state index in [1.165, 1.54) is 5.69 Å². The van der Waals surface area contributed by atoms with Gasteiger partial charge in [-0.25, -0.2) is 4.98 Å². The van der Waals surface area contributed by atoms with Gasteiger partial charge in [0.25, 0.3) is 5.91 Å². The Labute approximate surface area is 180 Å². The Morgan fingerprint density at radius 3 is 2.65 bits per heavy atom. The molecule has 2 aromatic heterocycles. The molecule has 3 heterocycles. The molecule has 0 unspecified atom stereocenters. The molecule has 1 fully saturated rings. The zero-order valence-electron chi connectivity index (χ0n) is 17.3. The highest BCUT2D eigenvalue weighted by Gasteiger charge is 2.14. The van der Waals surface area contributed by atoms with Crippen molar-refractivity contribution in [1.29, 1.82) is 5.26 Å². The molecule has 0 spiro atoms. The molecule has 0 aliphatic carbocycles. The van der Waals surface area contributed by atoms with Crippen LogP contribution in [0.5, 0.6) is 0 Å². The van der Waals surface area contributed by atoms with Gasteiger partial charge in [0.2, 0.25) is 5.95 Å². The molecule has 2 N–H and O–H groups in total. The van der Waals surface area contributed by atoms with Crippen LogP contribution in [-0.4, -0.2) is 65.1 Å². The monoisotopic (exact) mass is 416 g/mol. The van der Waals surface area contributed by atoms with Gasteiger partial charge in [0, 0.05) is 56.1 Å². The van der Waals surface area contributed by atoms with Crippen LogP contribution < -0.4 is 15.5 Å². The molecule has 9 heteroatoms. The van der Waals surface area contributed by atoms with Crippen LogP contribution in [0.3, 0.4) is 0 Å². The third kappa shape index (κ3) is 4.99. The highest BCUT2D eigenvalue weighted by atomic mass is 16.1. The zero-order valence-corrected chi connectivity index (χ0v) is 17.3. The van der Waals surface area contributed by atoms with Crippen molar-refractivity contribution in [1.82, 2.24) is 24.8 Å². The number of piperazine rings is 1. The van der Waals surface area contributed by atoms with Gasteiger partial charge in [0.15, 0.2) is 0 Å². The molecule has 0 atom stereocenters. The quantitative estimate of drug-likeness (QED) is 0.593. The number of benzene rings is 1. The molecular weight excluding hydrogens is 392 g/mol. The summed E-state index contributed by atoms with van der Waals surface area (Å²) in [7, 11) is 2.15. The molecule has 158 valence electrons. The average Bonchev–Trinajstić information content (AvgIpc) is 3.29. The number of likely N-dealkylation sites (N-methyl/N-ethyl adjacent to an activating group) is 1. The molecule has 1 aliphatic heterocycles. The number of hydrogen-bond acceptors (Lipinski definition) is 7. The number of aromatic nitrogens is 3. The summed E-state index contributed by atoms with van der Waals surface area (Å²) in [5.41, 5.74) is 2.57. The van der Waals surface area contributed by atoms with Crippen LogP contribution in [-0.2, 0) is 0 Å². The first-order valence-electron chi connectivity index (χ1n) is 10.1. The van der Waals surface area contributed by atoms with Crippen LogP contribution in [0.2, 0.25) is 0 Å². The van der Waals surface area contributed by atoms with Crippen molar-refractivity contribution in [2.45, 2.75) is 0 Å². The second-order valence-corrected chi connectivity index (χ2v) is 7.35. The summed E-state index contributed by atoms with van der Waals surface area (Å²) in [5.74, 6) is 0.799. The molecule has 9 nitrogen and oxygen atoms in total. The zero-order chi connectivity index (χ0) is 21.6. The minimum Gasteiger partial charge on any atom is -0.369 e. The number of nitrogens with zero attached hydrogens (tertiary/aromatic N) is 6. The maximum atomic E-state index is 12.0. The van der Waals surface area contributed by atoms with Crippen molar-refractivity contribution in [2.24, 2.45) is 0 Å². The van der Waals surface area contributed by atoms with E-state index in [9.17, 15) is 4.79 Å². The van der Waals surface area contributed by atoms with E-state index in [-0.39, 0.29) is 12.5 Å². The minimum absolute atomic E-state index is 0.0286. The Balaban J connectivity index is 1.43. The van der Waals surface area contributed by atoms with Gasteiger partial charge in [-0.3, -0.25) is 4.79 Å². The lowest BCUT2D eigenvalue weighted by Crippen LogP contribution is -2.44. The van der Waals surface area contributed by atoms with E-state index in [2.05, 4.69) is 49.6 Å². The second-order valence-electron chi connectivity index (χ2n) is 7.35. The van der Waals surface area contributed by atoms with Crippen molar-refractivity contribution >= 4 is 23.2 Å². The number of carbonyl (C=O) groups excluding carboxylic acids is 1. The van der Waals surface area contributed by atoms with E-state index in [1.54, 1.807) is 35.3 Å². The van der Waals surface area contributed by atoms with Crippen LogP contribution in [0.4, 0.5) is 17.3 Å². The van der Waals surface area contributed by atoms with E-state index < -0.39 is 0 Å². The van der Waals surface area contributed by atoms with E-state index in [0.717, 1.165) is 31.9 Å². The number of nitrogens with one attached hydrogen (secondary N) is 2. The standard InChI is InChI=1S/C22H24N8O/c1-28-12-14-29(15-13-28)19-4-2-18(3-5-19)26-22-25-9-6-20(27-22)30-11-7-17(16-30)21(31)24-10-8-23/h2-7,9,11,16H,10,12-15H2,1H3,(H,24,31)(H,25,26,27). The topological polar surface area (TPSA) is 102 Å². The molecule has 0 bridgehead atoms. The van der Waals surface area contributed by atoms with Gasteiger partial charge in [-0.15, -0.1) is 0 Å². The summed E-state index contributed by atoms with van der Waals surface area (Å²) >= 11 is 0. The fourth-order valence-electron chi connectivity index (χ4n) is 3.40. The van der Waals surface area contributed by atoms with E-state index >= 15 is 0 Å². The number of amides is 1. The highest BCUT2D eigenvalue weighted by molar-refractivity contribution is 5.94. The van der Waals surface area contributed by atoms with Crippen molar-refractivity contribution in [2.75, 3.05) is 50.0 Å². The van der Waals surface area contributed by atoms with E-state index in [0.29, 0.717) is 17.3 Å². The van der Waals surface area contributed by atoms with Crippen molar-refractivity contribution in [3.8, 4) is 11.9 Å². The highest BCUT2D eigenvalue weighted by Crippen LogP contribution is 2.21. The second kappa shape index (κ2) is 9.28. The normalized spacial score (nSPS) is 14.1. The molecule has 1 saturated heterocycles.